The molecule has 1 heterocycles. The van der Waals surface area contributed by atoms with E-state index in [-0.39, 0.29) is 12.5 Å². The van der Waals surface area contributed by atoms with Gasteiger partial charge < -0.3 is 5.11 Å². The maximum Gasteiger partial charge on any atom is 0.301 e. The van der Waals surface area contributed by atoms with Crippen molar-refractivity contribution in [1.82, 2.24) is 4.31 Å². The van der Waals surface area contributed by atoms with Crippen LogP contribution in [0.5, 0.6) is 0 Å². The van der Waals surface area contributed by atoms with Crippen molar-refractivity contribution in [3.63, 3.8) is 0 Å². The van der Waals surface area contributed by atoms with Crippen molar-refractivity contribution in [2.45, 2.75) is 32.6 Å². The lowest BCUT2D eigenvalue weighted by Crippen LogP contribution is -2.42. The fourth-order valence-corrected chi connectivity index (χ4v) is 3.74. The molecule has 0 amide bonds. The third-order valence-corrected chi connectivity index (χ3v) is 5.53. The van der Waals surface area contributed by atoms with Crippen molar-refractivity contribution >= 4 is 15.9 Å². The predicted molar refractivity (Wildman–Crippen MR) is 84.5 cm³/mol. The standard InChI is InChI=1S/C15H24N2O3S/c1-12(2)14-3-5-15(6-4-14)16-21(19,20)17-9-7-13(11-18)8-10-17/h3-6,12-13,16,18H,7-11H2,1-2H3. The molecule has 0 unspecified atom stereocenters. The summed E-state index contributed by atoms with van der Waals surface area (Å²) < 4.78 is 28.7. The zero-order valence-corrected chi connectivity index (χ0v) is 13.4. The van der Waals surface area contributed by atoms with E-state index in [1.165, 1.54) is 9.87 Å². The van der Waals surface area contributed by atoms with Crippen molar-refractivity contribution < 1.29 is 13.5 Å². The number of benzene rings is 1. The van der Waals surface area contributed by atoms with Crippen LogP contribution < -0.4 is 4.72 Å². The second kappa shape index (κ2) is 6.77. The lowest BCUT2D eigenvalue weighted by molar-refractivity contribution is 0.170. The number of aliphatic hydroxyl groups is 1. The first-order chi connectivity index (χ1) is 9.92. The van der Waals surface area contributed by atoms with Gasteiger partial charge in [-0.15, -0.1) is 0 Å². The first-order valence-corrected chi connectivity index (χ1v) is 8.85. The van der Waals surface area contributed by atoms with Gasteiger partial charge in [-0.3, -0.25) is 4.72 Å². The highest BCUT2D eigenvalue weighted by Gasteiger charge is 2.27. The first-order valence-electron chi connectivity index (χ1n) is 7.41. The van der Waals surface area contributed by atoms with Crippen LogP contribution in [-0.4, -0.2) is 37.5 Å². The fraction of sp³-hybridized carbons (Fsp3) is 0.600. The monoisotopic (exact) mass is 312 g/mol. The number of anilines is 1. The van der Waals surface area contributed by atoms with Gasteiger partial charge in [0.1, 0.15) is 0 Å². The summed E-state index contributed by atoms with van der Waals surface area (Å²) in [5.74, 6) is 0.648. The molecule has 1 saturated heterocycles. The van der Waals surface area contributed by atoms with Crippen molar-refractivity contribution in [2.24, 2.45) is 5.92 Å². The zero-order valence-electron chi connectivity index (χ0n) is 12.6. The fourth-order valence-electron chi connectivity index (χ4n) is 2.48. The Balaban J connectivity index is 2.01. The van der Waals surface area contributed by atoms with Crippen LogP contribution in [0.4, 0.5) is 5.69 Å². The molecule has 0 aromatic heterocycles. The van der Waals surface area contributed by atoms with Gasteiger partial charge in [-0.2, -0.15) is 12.7 Å². The number of hydrogen-bond acceptors (Lipinski definition) is 3. The highest BCUT2D eigenvalue weighted by atomic mass is 32.2. The summed E-state index contributed by atoms with van der Waals surface area (Å²) >= 11 is 0. The lowest BCUT2D eigenvalue weighted by Gasteiger charge is -2.30. The molecular formula is C15H24N2O3S. The van der Waals surface area contributed by atoms with E-state index >= 15 is 0 Å². The van der Waals surface area contributed by atoms with E-state index in [1.54, 1.807) is 12.1 Å². The van der Waals surface area contributed by atoms with Crippen LogP contribution in [0.25, 0.3) is 0 Å². The van der Waals surface area contributed by atoms with Gasteiger partial charge >= 0.3 is 10.2 Å². The smallest absolute Gasteiger partial charge is 0.301 e. The molecule has 1 fully saturated rings. The molecule has 21 heavy (non-hydrogen) atoms. The SMILES string of the molecule is CC(C)c1ccc(NS(=O)(=O)N2CCC(CO)CC2)cc1. The maximum atomic E-state index is 12.3. The van der Waals surface area contributed by atoms with Crippen LogP contribution in [0, 0.1) is 5.92 Å². The molecule has 5 nitrogen and oxygen atoms in total. The Morgan fingerprint density at radius 3 is 2.29 bits per heavy atom. The molecule has 0 aliphatic carbocycles. The molecule has 1 aliphatic rings. The van der Waals surface area contributed by atoms with Gasteiger partial charge in [0.05, 0.1) is 0 Å². The molecule has 2 rings (SSSR count). The van der Waals surface area contributed by atoms with Gasteiger partial charge in [-0.1, -0.05) is 26.0 Å². The molecule has 1 aliphatic heterocycles. The Hall–Kier alpha value is -1.11. The second-order valence-corrected chi connectivity index (χ2v) is 7.58. The van der Waals surface area contributed by atoms with Crippen LogP contribution in [0.15, 0.2) is 24.3 Å². The van der Waals surface area contributed by atoms with Gasteiger partial charge in [0.2, 0.25) is 0 Å². The Morgan fingerprint density at radius 1 is 1.24 bits per heavy atom. The van der Waals surface area contributed by atoms with E-state index in [0.717, 1.165) is 0 Å². The number of piperidine rings is 1. The van der Waals surface area contributed by atoms with Gasteiger partial charge in [0, 0.05) is 25.4 Å². The van der Waals surface area contributed by atoms with E-state index in [0.29, 0.717) is 37.5 Å². The molecule has 1 aromatic rings. The Bertz CT molecular complexity index is 547. The topological polar surface area (TPSA) is 69.6 Å². The lowest BCUT2D eigenvalue weighted by atomic mass is 10.00. The Kier molecular flexibility index (Phi) is 5.24. The van der Waals surface area contributed by atoms with Crippen molar-refractivity contribution in [1.29, 1.82) is 0 Å². The summed E-state index contributed by atoms with van der Waals surface area (Å²) in [6.07, 6.45) is 1.42. The van der Waals surface area contributed by atoms with Crippen LogP contribution in [0.3, 0.4) is 0 Å². The van der Waals surface area contributed by atoms with Gasteiger partial charge in [0.25, 0.3) is 0 Å². The minimum Gasteiger partial charge on any atom is -0.396 e. The normalized spacial score (nSPS) is 18.1. The number of aliphatic hydroxyl groups excluding tert-OH is 1. The first kappa shape index (κ1) is 16.3. The summed E-state index contributed by atoms with van der Waals surface area (Å²) in [4.78, 5) is 0. The van der Waals surface area contributed by atoms with Crippen LogP contribution in [-0.2, 0) is 10.2 Å². The van der Waals surface area contributed by atoms with E-state index in [2.05, 4.69) is 18.6 Å². The zero-order chi connectivity index (χ0) is 15.5. The summed E-state index contributed by atoms with van der Waals surface area (Å²) in [7, 11) is -3.50. The maximum absolute atomic E-state index is 12.3. The third kappa shape index (κ3) is 4.18. The van der Waals surface area contributed by atoms with Crippen molar-refractivity contribution in [3.8, 4) is 0 Å². The van der Waals surface area contributed by atoms with E-state index < -0.39 is 10.2 Å². The predicted octanol–water partition coefficient (Wildman–Crippen LogP) is 2.17. The Labute approximate surface area is 127 Å². The van der Waals surface area contributed by atoms with Crippen LogP contribution in [0.2, 0.25) is 0 Å². The molecular weight excluding hydrogens is 288 g/mol. The molecule has 0 bridgehead atoms. The third-order valence-electron chi connectivity index (χ3n) is 4.00. The van der Waals surface area contributed by atoms with Crippen LogP contribution >= 0.6 is 0 Å². The van der Waals surface area contributed by atoms with Crippen molar-refractivity contribution in [2.75, 3.05) is 24.4 Å². The van der Waals surface area contributed by atoms with Crippen molar-refractivity contribution in [3.05, 3.63) is 29.8 Å². The number of hydrogen-bond donors (Lipinski definition) is 2. The minimum absolute atomic E-state index is 0.137. The van der Waals surface area contributed by atoms with E-state index in [1.807, 2.05) is 12.1 Å². The second-order valence-electron chi connectivity index (χ2n) is 5.91. The molecule has 6 heteroatoms. The van der Waals surface area contributed by atoms with Crippen LogP contribution in [0.1, 0.15) is 38.2 Å². The minimum atomic E-state index is -3.50. The van der Waals surface area contributed by atoms with Gasteiger partial charge in [-0.05, 0) is 42.4 Å². The molecule has 0 spiro atoms. The largest absolute Gasteiger partial charge is 0.396 e. The molecule has 2 N–H and O–H groups in total. The summed E-state index contributed by atoms with van der Waals surface area (Å²) in [6, 6.07) is 7.49. The highest BCUT2D eigenvalue weighted by Crippen LogP contribution is 2.22. The van der Waals surface area contributed by atoms with E-state index in [9.17, 15) is 8.42 Å². The summed E-state index contributed by atoms with van der Waals surface area (Å²) in [5.41, 5.74) is 1.77. The van der Waals surface area contributed by atoms with Gasteiger partial charge in [-0.25, -0.2) is 0 Å². The molecule has 0 radical (unpaired) electrons. The number of nitrogens with one attached hydrogen (secondary N) is 1. The average Bonchev–Trinajstić information content (AvgIpc) is 2.47. The van der Waals surface area contributed by atoms with Gasteiger partial charge in [0.15, 0.2) is 0 Å². The number of rotatable bonds is 5. The molecule has 118 valence electrons. The molecule has 0 atom stereocenters. The quantitative estimate of drug-likeness (QED) is 0.875. The Morgan fingerprint density at radius 2 is 1.81 bits per heavy atom. The average molecular weight is 312 g/mol. The summed E-state index contributed by atoms with van der Waals surface area (Å²) in [6.45, 7) is 5.27. The highest BCUT2D eigenvalue weighted by molar-refractivity contribution is 7.90. The molecule has 1 aromatic carbocycles. The number of nitrogens with zero attached hydrogens (tertiary/aromatic N) is 1. The van der Waals surface area contributed by atoms with E-state index in [4.69, 9.17) is 5.11 Å². The summed E-state index contributed by atoms with van der Waals surface area (Å²) in [5, 5.41) is 9.10. The molecule has 0 saturated carbocycles.